The molecule has 2 atom stereocenters. The van der Waals surface area contributed by atoms with Gasteiger partial charge in [0.1, 0.15) is 0 Å². The fourth-order valence-electron chi connectivity index (χ4n) is 3.75. The van der Waals surface area contributed by atoms with Crippen molar-refractivity contribution >= 4 is 11.9 Å². The van der Waals surface area contributed by atoms with Crippen LogP contribution in [0.15, 0.2) is 0 Å². The predicted octanol–water partition coefficient (Wildman–Crippen LogP) is 2.27. The van der Waals surface area contributed by atoms with Gasteiger partial charge in [-0.05, 0) is 12.3 Å². The summed E-state index contributed by atoms with van der Waals surface area (Å²) in [5.74, 6) is -4.59. The molecule has 1 aliphatic heterocycles. The van der Waals surface area contributed by atoms with Crippen LogP contribution in [0, 0.1) is 17.8 Å². The molecule has 1 aliphatic carbocycles. The summed E-state index contributed by atoms with van der Waals surface area (Å²) in [5, 5.41) is 11.7. The number of nitrogens with one attached hydrogen (secondary N) is 1. The van der Waals surface area contributed by atoms with Crippen LogP contribution in [-0.2, 0) is 9.59 Å². The molecule has 2 fully saturated rings. The van der Waals surface area contributed by atoms with E-state index in [1.54, 1.807) is 0 Å². The third-order valence-corrected chi connectivity index (χ3v) is 5.10. The maximum Gasteiger partial charge on any atom is 0.393 e. The SMILES string of the molecule is O=C(CN1C[C@@H](C(F)(F)F)[C@H](C(=O)O)C1)NCCC1CCCCC1. The predicted molar refractivity (Wildman–Crippen MR) is 81.3 cm³/mol. The number of hydrogen-bond acceptors (Lipinski definition) is 3. The van der Waals surface area contributed by atoms with Gasteiger partial charge >= 0.3 is 12.1 Å². The minimum atomic E-state index is -4.56. The minimum absolute atomic E-state index is 0.180. The van der Waals surface area contributed by atoms with E-state index in [0.29, 0.717) is 12.5 Å². The van der Waals surface area contributed by atoms with Crippen LogP contribution in [0.5, 0.6) is 0 Å². The van der Waals surface area contributed by atoms with E-state index in [0.717, 1.165) is 6.42 Å². The van der Waals surface area contributed by atoms with E-state index in [1.165, 1.54) is 37.0 Å². The maximum atomic E-state index is 12.9. The van der Waals surface area contributed by atoms with E-state index in [-0.39, 0.29) is 19.0 Å². The second-order valence-corrected chi connectivity index (χ2v) is 6.93. The lowest BCUT2D eigenvalue weighted by Crippen LogP contribution is -2.37. The highest BCUT2D eigenvalue weighted by Crippen LogP contribution is 2.37. The Bertz CT molecular complexity index is 450. The van der Waals surface area contributed by atoms with E-state index >= 15 is 0 Å². The maximum absolute atomic E-state index is 12.9. The number of nitrogens with zero attached hydrogens (tertiary/aromatic N) is 1. The van der Waals surface area contributed by atoms with Crippen molar-refractivity contribution < 1.29 is 27.9 Å². The van der Waals surface area contributed by atoms with Crippen LogP contribution in [-0.4, -0.2) is 54.2 Å². The second-order valence-electron chi connectivity index (χ2n) is 6.93. The molecule has 0 bridgehead atoms. The summed E-state index contributed by atoms with van der Waals surface area (Å²) in [7, 11) is 0. The molecular weight excluding hydrogens is 325 g/mol. The number of rotatable bonds is 6. The summed E-state index contributed by atoms with van der Waals surface area (Å²) in [6.07, 6.45) is 2.40. The highest BCUT2D eigenvalue weighted by molar-refractivity contribution is 5.78. The molecule has 2 aliphatic rings. The van der Waals surface area contributed by atoms with Crippen LogP contribution in [0.25, 0.3) is 0 Å². The number of carbonyl (C=O) groups is 2. The van der Waals surface area contributed by atoms with E-state index in [4.69, 9.17) is 5.11 Å². The molecule has 0 aromatic rings. The molecule has 138 valence electrons. The number of aliphatic carboxylic acids is 1. The zero-order valence-corrected chi connectivity index (χ0v) is 13.6. The number of carboxylic acid groups (broad SMARTS) is 1. The van der Waals surface area contributed by atoms with Crippen molar-refractivity contribution in [3.8, 4) is 0 Å². The molecule has 0 radical (unpaired) electrons. The second kappa shape index (κ2) is 8.18. The van der Waals surface area contributed by atoms with E-state index < -0.39 is 30.5 Å². The third kappa shape index (κ3) is 5.36. The van der Waals surface area contributed by atoms with Crippen molar-refractivity contribution in [1.29, 1.82) is 0 Å². The van der Waals surface area contributed by atoms with E-state index in [2.05, 4.69) is 5.32 Å². The lowest BCUT2D eigenvalue weighted by atomic mass is 9.87. The largest absolute Gasteiger partial charge is 0.481 e. The van der Waals surface area contributed by atoms with Gasteiger partial charge in [-0.15, -0.1) is 0 Å². The zero-order chi connectivity index (χ0) is 17.7. The lowest BCUT2D eigenvalue weighted by Gasteiger charge is -2.22. The fourth-order valence-corrected chi connectivity index (χ4v) is 3.75. The summed E-state index contributed by atoms with van der Waals surface area (Å²) < 4.78 is 38.7. The van der Waals surface area contributed by atoms with Crippen LogP contribution in [0.3, 0.4) is 0 Å². The first kappa shape index (κ1) is 19.0. The summed E-state index contributed by atoms with van der Waals surface area (Å²) in [5.41, 5.74) is 0. The Balaban J connectivity index is 1.74. The molecule has 1 saturated carbocycles. The number of amides is 1. The molecular formula is C16H25F3N2O3. The molecule has 0 unspecified atom stereocenters. The molecule has 24 heavy (non-hydrogen) atoms. The molecule has 2 N–H and O–H groups in total. The highest BCUT2D eigenvalue weighted by atomic mass is 19.4. The van der Waals surface area contributed by atoms with Gasteiger partial charge in [-0.2, -0.15) is 13.2 Å². The average molecular weight is 350 g/mol. The molecule has 0 aromatic heterocycles. The Hall–Kier alpha value is -1.31. The minimum Gasteiger partial charge on any atom is -0.481 e. The fraction of sp³-hybridized carbons (Fsp3) is 0.875. The quantitative estimate of drug-likeness (QED) is 0.771. The Labute approximate surface area is 139 Å². The topological polar surface area (TPSA) is 69.6 Å². The van der Waals surface area contributed by atoms with Gasteiger partial charge in [0.15, 0.2) is 0 Å². The van der Waals surface area contributed by atoms with Gasteiger partial charge in [0.05, 0.1) is 18.4 Å². The Kier molecular flexibility index (Phi) is 6.48. The number of carbonyl (C=O) groups excluding carboxylic acids is 1. The molecule has 0 aromatic carbocycles. The van der Waals surface area contributed by atoms with Gasteiger partial charge in [0.2, 0.25) is 5.91 Å². The van der Waals surface area contributed by atoms with Crippen LogP contribution in [0.2, 0.25) is 0 Å². The molecule has 2 rings (SSSR count). The number of carboxylic acids is 1. The monoisotopic (exact) mass is 350 g/mol. The van der Waals surface area contributed by atoms with Crippen molar-refractivity contribution in [2.45, 2.75) is 44.7 Å². The molecule has 1 saturated heterocycles. The van der Waals surface area contributed by atoms with Gasteiger partial charge in [0, 0.05) is 19.6 Å². The molecule has 0 spiro atoms. The van der Waals surface area contributed by atoms with Gasteiger partial charge in [-0.1, -0.05) is 32.1 Å². The smallest absolute Gasteiger partial charge is 0.393 e. The van der Waals surface area contributed by atoms with Crippen molar-refractivity contribution in [1.82, 2.24) is 10.2 Å². The third-order valence-electron chi connectivity index (χ3n) is 5.10. The Morgan fingerprint density at radius 2 is 1.79 bits per heavy atom. The van der Waals surface area contributed by atoms with Crippen molar-refractivity contribution in [2.75, 3.05) is 26.2 Å². The summed E-state index contributed by atoms with van der Waals surface area (Å²) in [6, 6.07) is 0. The van der Waals surface area contributed by atoms with Crippen LogP contribution in [0.1, 0.15) is 38.5 Å². The Morgan fingerprint density at radius 1 is 1.12 bits per heavy atom. The average Bonchev–Trinajstić information content (AvgIpc) is 2.92. The Morgan fingerprint density at radius 3 is 2.33 bits per heavy atom. The van der Waals surface area contributed by atoms with Crippen LogP contribution in [0.4, 0.5) is 13.2 Å². The zero-order valence-electron chi connectivity index (χ0n) is 13.6. The van der Waals surface area contributed by atoms with Crippen molar-refractivity contribution in [2.24, 2.45) is 17.8 Å². The first-order chi connectivity index (χ1) is 11.3. The van der Waals surface area contributed by atoms with E-state index in [1.807, 2.05) is 0 Å². The normalized spacial score (nSPS) is 26.5. The van der Waals surface area contributed by atoms with Gasteiger partial charge in [-0.25, -0.2) is 0 Å². The molecule has 5 nitrogen and oxygen atoms in total. The van der Waals surface area contributed by atoms with E-state index in [9.17, 15) is 22.8 Å². The summed E-state index contributed by atoms with van der Waals surface area (Å²) in [6.45, 7) is -0.324. The van der Waals surface area contributed by atoms with Crippen molar-refractivity contribution in [3.05, 3.63) is 0 Å². The number of alkyl halides is 3. The first-order valence-electron chi connectivity index (χ1n) is 8.56. The van der Waals surface area contributed by atoms with Crippen LogP contribution >= 0.6 is 0 Å². The van der Waals surface area contributed by atoms with Crippen LogP contribution < -0.4 is 5.32 Å². The number of halogens is 3. The van der Waals surface area contributed by atoms with Crippen molar-refractivity contribution in [3.63, 3.8) is 0 Å². The number of likely N-dealkylation sites (tertiary alicyclic amines) is 1. The molecule has 1 amide bonds. The first-order valence-corrected chi connectivity index (χ1v) is 8.56. The highest BCUT2D eigenvalue weighted by Gasteiger charge is 2.52. The standard InChI is InChI=1S/C16H25F3N2O3/c17-16(18,19)13-9-21(8-12(13)15(23)24)10-14(22)20-7-6-11-4-2-1-3-5-11/h11-13H,1-10H2,(H,20,22)(H,23,24)/t12-,13-/m1/s1. The summed E-state index contributed by atoms with van der Waals surface area (Å²) in [4.78, 5) is 24.2. The molecule has 1 heterocycles. The molecule has 8 heteroatoms. The van der Waals surface area contributed by atoms with Gasteiger partial charge in [-0.3, -0.25) is 14.5 Å². The van der Waals surface area contributed by atoms with Gasteiger partial charge in [0.25, 0.3) is 0 Å². The van der Waals surface area contributed by atoms with Gasteiger partial charge < -0.3 is 10.4 Å². The number of hydrogen-bond donors (Lipinski definition) is 2. The lowest BCUT2D eigenvalue weighted by molar-refractivity contribution is -0.188. The summed E-state index contributed by atoms with van der Waals surface area (Å²) >= 11 is 0.